The Morgan fingerprint density at radius 1 is 1.36 bits per heavy atom. The fraction of sp³-hybridized carbons (Fsp3) is 0.312. The molecule has 6 heteroatoms. The molecule has 0 N–H and O–H groups in total. The van der Waals surface area contributed by atoms with Crippen LogP contribution in [-0.2, 0) is 20.9 Å². The van der Waals surface area contributed by atoms with Crippen LogP contribution < -0.4 is 0 Å². The van der Waals surface area contributed by atoms with Crippen LogP contribution >= 0.6 is 0 Å². The van der Waals surface area contributed by atoms with Crippen LogP contribution in [0.4, 0.5) is 0 Å². The summed E-state index contributed by atoms with van der Waals surface area (Å²) in [6.45, 7) is 3.96. The van der Waals surface area contributed by atoms with E-state index < -0.39 is 6.10 Å². The predicted molar refractivity (Wildman–Crippen MR) is 82.6 cm³/mol. The fourth-order valence-corrected chi connectivity index (χ4v) is 1.72. The van der Waals surface area contributed by atoms with E-state index in [1.165, 1.54) is 0 Å². The smallest absolute Gasteiger partial charge is 0.334 e. The molecule has 1 aromatic carbocycles. The molecule has 2 rings (SSSR count). The lowest BCUT2D eigenvalue weighted by Gasteiger charge is -2.10. The molecule has 0 saturated carbocycles. The van der Waals surface area contributed by atoms with Crippen molar-refractivity contribution in [2.24, 2.45) is 0 Å². The molecule has 116 valence electrons. The first kappa shape index (κ1) is 15.9. The van der Waals surface area contributed by atoms with E-state index in [0.717, 1.165) is 5.56 Å². The van der Waals surface area contributed by atoms with Gasteiger partial charge in [0.25, 0.3) is 0 Å². The third kappa shape index (κ3) is 4.82. The van der Waals surface area contributed by atoms with Crippen molar-refractivity contribution in [1.82, 2.24) is 15.0 Å². The number of hydrogen-bond acceptors (Lipinski definition) is 5. The molecule has 0 amide bonds. The van der Waals surface area contributed by atoms with E-state index in [4.69, 9.17) is 9.47 Å². The molecule has 0 spiro atoms. The van der Waals surface area contributed by atoms with Crippen molar-refractivity contribution in [2.45, 2.75) is 26.6 Å². The average Bonchev–Trinajstić information content (AvgIpc) is 3.00. The Bertz CT molecular complexity index is 623. The minimum absolute atomic E-state index is 0.207. The van der Waals surface area contributed by atoms with Gasteiger partial charge in [-0.3, -0.25) is 0 Å². The highest BCUT2D eigenvalue weighted by Gasteiger charge is 2.14. The highest BCUT2D eigenvalue weighted by Crippen LogP contribution is 2.04. The molecule has 2 aromatic rings. The van der Waals surface area contributed by atoms with Crippen LogP contribution in [0.1, 0.15) is 25.1 Å². The van der Waals surface area contributed by atoms with Crippen molar-refractivity contribution in [1.29, 1.82) is 0 Å². The SMILES string of the molecule is CCOC(=O)[C@H](C)OCc1cn(/C=C/c2ccccc2)nn1. The highest BCUT2D eigenvalue weighted by molar-refractivity contribution is 5.74. The van der Waals surface area contributed by atoms with Gasteiger partial charge in [-0.25, -0.2) is 9.48 Å². The lowest BCUT2D eigenvalue weighted by atomic mass is 10.2. The summed E-state index contributed by atoms with van der Waals surface area (Å²) >= 11 is 0. The molecule has 0 saturated heterocycles. The summed E-state index contributed by atoms with van der Waals surface area (Å²) in [6, 6.07) is 9.90. The first-order valence-electron chi connectivity index (χ1n) is 7.11. The Kier molecular flexibility index (Phi) is 5.85. The molecule has 0 bridgehead atoms. The Morgan fingerprint density at radius 3 is 2.86 bits per heavy atom. The number of hydrogen-bond donors (Lipinski definition) is 0. The van der Waals surface area contributed by atoms with E-state index in [9.17, 15) is 4.79 Å². The van der Waals surface area contributed by atoms with Gasteiger partial charge in [-0.05, 0) is 25.5 Å². The first-order chi connectivity index (χ1) is 10.7. The number of esters is 1. The molecular weight excluding hydrogens is 282 g/mol. The monoisotopic (exact) mass is 301 g/mol. The molecule has 1 aromatic heterocycles. The molecule has 0 unspecified atom stereocenters. The van der Waals surface area contributed by atoms with Crippen molar-refractivity contribution in [3.63, 3.8) is 0 Å². The van der Waals surface area contributed by atoms with Gasteiger partial charge in [0.1, 0.15) is 5.69 Å². The second-order valence-electron chi connectivity index (χ2n) is 4.62. The summed E-state index contributed by atoms with van der Waals surface area (Å²) in [5.74, 6) is -0.376. The molecule has 0 aliphatic carbocycles. The lowest BCUT2D eigenvalue weighted by Crippen LogP contribution is -2.23. The maximum atomic E-state index is 11.4. The number of benzene rings is 1. The average molecular weight is 301 g/mol. The third-order valence-electron chi connectivity index (χ3n) is 2.88. The van der Waals surface area contributed by atoms with Gasteiger partial charge in [-0.1, -0.05) is 35.5 Å². The number of ether oxygens (including phenoxy) is 2. The van der Waals surface area contributed by atoms with Gasteiger partial charge in [0.2, 0.25) is 0 Å². The first-order valence-corrected chi connectivity index (χ1v) is 7.11. The number of carbonyl (C=O) groups is 1. The highest BCUT2D eigenvalue weighted by atomic mass is 16.6. The number of rotatable bonds is 7. The molecule has 0 aliphatic heterocycles. The van der Waals surface area contributed by atoms with E-state index in [2.05, 4.69) is 10.3 Å². The van der Waals surface area contributed by atoms with Gasteiger partial charge in [0.05, 0.1) is 19.4 Å². The molecule has 1 heterocycles. The van der Waals surface area contributed by atoms with Gasteiger partial charge >= 0.3 is 5.97 Å². The predicted octanol–water partition coefficient (Wildman–Crippen LogP) is 2.37. The summed E-state index contributed by atoms with van der Waals surface area (Å²) in [5, 5.41) is 7.96. The van der Waals surface area contributed by atoms with E-state index in [0.29, 0.717) is 12.3 Å². The Balaban J connectivity index is 1.86. The zero-order valence-electron chi connectivity index (χ0n) is 12.7. The summed E-state index contributed by atoms with van der Waals surface area (Å²) in [5.41, 5.74) is 1.72. The number of nitrogens with zero attached hydrogens (tertiary/aromatic N) is 3. The van der Waals surface area contributed by atoms with Gasteiger partial charge < -0.3 is 9.47 Å². The van der Waals surface area contributed by atoms with Crippen molar-refractivity contribution in [3.8, 4) is 0 Å². The third-order valence-corrected chi connectivity index (χ3v) is 2.88. The van der Waals surface area contributed by atoms with Crippen LogP contribution in [0.2, 0.25) is 0 Å². The Morgan fingerprint density at radius 2 is 2.14 bits per heavy atom. The fourth-order valence-electron chi connectivity index (χ4n) is 1.72. The topological polar surface area (TPSA) is 66.2 Å². The van der Waals surface area contributed by atoms with E-state index in [1.54, 1.807) is 30.9 Å². The molecule has 0 aliphatic rings. The van der Waals surface area contributed by atoms with Crippen LogP contribution in [0.15, 0.2) is 36.5 Å². The van der Waals surface area contributed by atoms with Crippen molar-refractivity contribution in [3.05, 3.63) is 47.8 Å². The largest absolute Gasteiger partial charge is 0.464 e. The standard InChI is InChI=1S/C16H19N3O3/c1-3-21-16(20)13(2)22-12-15-11-19(18-17-15)10-9-14-7-5-4-6-8-14/h4-11,13H,3,12H2,1-2H3/b10-9+/t13-/m0/s1. The number of aromatic nitrogens is 3. The van der Waals surface area contributed by atoms with Crippen molar-refractivity contribution < 1.29 is 14.3 Å². The molecule has 0 radical (unpaired) electrons. The summed E-state index contributed by atoms with van der Waals surface area (Å²) < 4.78 is 11.9. The summed E-state index contributed by atoms with van der Waals surface area (Å²) in [7, 11) is 0. The molecular formula is C16H19N3O3. The Labute approximate surface area is 129 Å². The number of carbonyl (C=O) groups excluding carboxylic acids is 1. The van der Waals surface area contributed by atoms with Crippen LogP contribution in [0, 0.1) is 0 Å². The van der Waals surface area contributed by atoms with Gasteiger partial charge in [0, 0.05) is 6.20 Å². The van der Waals surface area contributed by atoms with Crippen LogP contribution in [0.5, 0.6) is 0 Å². The molecule has 22 heavy (non-hydrogen) atoms. The minimum Gasteiger partial charge on any atom is -0.464 e. The normalized spacial score (nSPS) is 12.5. The zero-order chi connectivity index (χ0) is 15.8. The second kappa shape index (κ2) is 8.09. The summed E-state index contributed by atoms with van der Waals surface area (Å²) in [6.07, 6.45) is 4.86. The van der Waals surface area contributed by atoms with E-state index in [1.807, 2.05) is 36.4 Å². The second-order valence-corrected chi connectivity index (χ2v) is 4.62. The molecule has 1 atom stereocenters. The van der Waals surface area contributed by atoms with Gasteiger partial charge in [-0.2, -0.15) is 0 Å². The van der Waals surface area contributed by atoms with E-state index >= 15 is 0 Å². The molecule has 0 fully saturated rings. The van der Waals surface area contributed by atoms with Crippen molar-refractivity contribution >= 4 is 18.2 Å². The quantitative estimate of drug-likeness (QED) is 0.735. The van der Waals surface area contributed by atoms with Crippen molar-refractivity contribution in [2.75, 3.05) is 6.61 Å². The van der Waals surface area contributed by atoms with Crippen LogP contribution in [-0.4, -0.2) is 33.7 Å². The van der Waals surface area contributed by atoms with E-state index in [-0.39, 0.29) is 12.6 Å². The van der Waals surface area contributed by atoms with Gasteiger partial charge in [0.15, 0.2) is 6.10 Å². The van der Waals surface area contributed by atoms with Crippen LogP contribution in [0.3, 0.4) is 0 Å². The van der Waals surface area contributed by atoms with Crippen LogP contribution in [0.25, 0.3) is 12.3 Å². The van der Waals surface area contributed by atoms with Gasteiger partial charge in [-0.15, -0.1) is 5.10 Å². The summed E-state index contributed by atoms with van der Waals surface area (Å²) in [4.78, 5) is 11.4. The molecule has 6 nitrogen and oxygen atoms in total. The zero-order valence-corrected chi connectivity index (χ0v) is 12.7. The maximum absolute atomic E-state index is 11.4. The lowest BCUT2D eigenvalue weighted by molar-refractivity contribution is -0.156. The Hall–Kier alpha value is -2.47. The maximum Gasteiger partial charge on any atom is 0.334 e. The minimum atomic E-state index is -0.620.